The van der Waals surface area contributed by atoms with Gasteiger partial charge < -0.3 is 33.4 Å². The third-order valence-corrected chi connectivity index (χ3v) is 8.42. The van der Waals surface area contributed by atoms with E-state index < -0.39 is 18.6 Å². The monoisotopic (exact) mass is 654 g/mol. The fourth-order valence-electron chi connectivity index (χ4n) is 5.79. The van der Waals surface area contributed by atoms with E-state index in [2.05, 4.69) is 4.90 Å². The lowest BCUT2D eigenvalue weighted by molar-refractivity contribution is -0.139. The molecule has 2 aliphatic rings. The van der Waals surface area contributed by atoms with Crippen LogP contribution in [0.4, 0.5) is 0 Å². The highest BCUT2D eigenvalue weighted by Gasteiger charge is 2.36. The first-order valence-electron chi connectivity index (χ1n) is 14.5. The molecule has 1 fully saturated rings. The molecule has 1 N–H and O–H groups in total. The van der Waals surface area contributed by atoms with Gasteiger partial charge in [0.15, 0.2) is 24.7 Å². The minimum atomic E-state index is -1.12. The molecule has 6 rings (SSSR count). The molecule has 2 aliphatic heterocycles. The summed E-state index contributed by atoms with van der Waals surface area (Å²) in [5.41, 5.74) is 4.02. The van der Waals surface area contributed by atoms with E-state index in [-0.39, 0.29) is 18.3 Å². The number of methoxy groups -OCH3 is 1. The molecular weight excluding hydrogens is 623 g/mol. The van der Waals surface area contributed by atoms with E-state index in [4.69, 9.17) is 47.1 Å². The molecule has 45 heavy (non-hydrogen) atoms. The van der Waals surface area contributed by atoms with Gasteiger partial charge in [-0.05, 0) is 41.5 Å². The first-order valence-corrected chi connectivity index (χ1v) is 15.3. The average molecular weight is 656 g/mol. The quantitative estimate of drug-likeness (QED) is 0.264. The maximum atomic E-state index is 13.9. The maximum Gasteiger partial charge on any atom is 0.341 e. The molecule has 0 aliphatic carbocycles. The minimum Gasteiger partial charge on any atom is -0.493 e. The molecular formula is C32H32Cl2N4O7. The van der Waals surface area contributed by atoms with Crippen molar-refractivity contribution < 1.29 is 33.6 Å². The Morgan fingerprint density at radius 3 is 2.51 bits per heavy atom. The second-order valence-electron chi connectivity index (χ2n) is 10.8. The molecule has 1 saturated heterocycles. The number of carboxylic acid groups (broad SMARTS) is 1. The topological polar surface area (TPSA) is 115 Å². The van der Waals surface area contributed by atoms with Crippen molar-refractivity contribution in [2.45, 2.75) is 19.0 Å². The highest BCUT2D eigenvalue weighted by atomic mass is 35.5. The lowest BCUT2D eigenvalue weighted by atomic mass is 9.95. The van der Waals surface area contributed by atoms with Gasteiger partial charge in [0.25, 0.3) is 5.91 Å². The van der Waals surface area contributed by atoms with Crippen LogP contribution in [0.3, 0.4) is 0 Å². The lowest BCUT2D eigenvalue weighted by Crippen LogP contribution is -2.43. The number of imidazole rings is 1. The maximum absolute atomic E-state index is 13.9. The van der Waals surface area contributed by atoms with E-state index in [1.807, 2.05) is 28.8 Å². The van der Waals surface area contributed by atoms with Crippen molar-refractivity contribution in [2.75, 3.05) is 53.2 Å². The molecule has 11 nitrogen and oxygen atoms in total. The summed E-state index contributed by atoms with van der Waals surface area (Å²) in [6.07, 6.45) is 2.34. The molecule has 4 aromatic rings. The number of carboxylic acids is 1. The van der Waals surface area contributed by atoms with Crippen LogP contribution in [0.25, 0.3) is 5.65 Å². The molecule has 0 radical (unpaired) electrons. The fourth-order valence-corrected chi connectivity index (χ4v) is 6.20. The van der Waals surface area contributed by atoms with Crippen LogP contribution < -0.4 is 14.2 Å². The van der Waals surface area contributed by atoms with Gasteiger partial charge in [-0.3, -0.25) is 9.69 Å². The Hall–Kier alpha value is -4.03. The summed E-state index contributed by atoms with van der Waals surface area (Å²) >= 11 is 12.9. The van der Waals surface area contributed by atoms with Crippen LogP contribution in [-0.2, 0) is 27.3 Å². The third kappa shape index (κ3) is 6.81. The highest BCUT2D eigenvalue weighted by Crippen LogP contribution is 2.40. The number of hydrogen-bond acceptors (Lipinski definition) is 8. The van der Waals surface area contributed by atoms with E-state index in [1.54, 1.807) is 35.2 Å². The smallest absolute Gasteiger partial charge is 0.341 e. The van der Waals surface area contributed by atoms with Gasteiger partial charge in [0.2, 0.25) is 0 Å². The number of rotatable bonds is 10. The number of pyridine rings is 1. The van der Waals surface area contributed by atoms with Gasteiger partial charge in [0, 0.05) is 49.9 Å². The number of nitrogens with zero attached hydrogens (tertiary/aromatic N) is 4. The molecule has 2 aromatic heterocycles. The van der Waals surface area contributed by atoms with Crippen molar-refractivity contribution >= 4 is 40.7 Å². The fraction of sp³-hybridized carbons (Fsp3) is 0.344. The normalized spacial score (nSPS) is 16.8. The largest absolute Gasteiger partial charge is 0.493 e. The first-order chi connectivity index (χ1) is 21.8. The van der Waals surface area contributed by atoms with Crippen LogP contribution >= 0.6 is 23.2 Å². The Labute approximate surface area is 269 Å². The predicted octanol–water partition coefficient (Wildman–Crippen LogP) is 4.50. The predicted molar refractivity (Wildman–Crippen MR) is 167 cm³/mol. The zero-order chi connectivity index (χ0) is 31.5. The zero-order valence-electron chi connectivity index (χ0n) is 24.6. The number of benzene rings is 2. The Bertz CT molecular complexity index is 1720. The molecule has 1 amide bonds. The Morgan fingerprint density at radius 2 is 1.76 bits per heavy atom. The Balaban J connectivity index is 1.28. The van der Waals surface area contributed by atoms with E-state index in [0.717, 1.165) is 36.6 Å². The summed E-state index contributed by atoms with van der Waals surface area (Å²) in [4.78, 5) is 34.0. The van der Waals surface area contributed by atoms with Gasteiger partial charge >= 0.3 is 5.97 Å². The van der Waals surface area contributed by atoms with E-state index in [9.17, 15) is 14.7 Å². The summed E-state index contributed by atoms with van der Waals surface area (Å²) in [7, 11) is 1.48. The summed E-state index contributed by atoms with van der Waals surface area (Å²) < 4.78 is 24.3. The van der Waals surface area contributed by atoms with Gasteiger partial charge in [-0.2, -0.15) is 0 Å². The van der Waals surface area contributed by atoms with Crippen molar-refractivity contribution in [1.82, 2.24) is 19.2 Å². The van der Waals surface area contributed by atoms with Crippen molar-refractivity contribution in [3.8, 4) is 17.2 Å². The van der Waals surface area contributed by atoms with E-state index >= 15 is 0 Å². The first kappa shape index (κ1) is 31.0. The van der Waals surface area contributed by atoms with Gasteiger partial charge in [0.1, 0.15) is 11.4 Å². The van der Waals surface area contributed by atoms with Gasteiger partial charge in [-0.15, -0.1) is 0 Å². The van der Waals surface area contributed by atoms with Crippen molar-refractivity contribution in [2.24, 2.45) is 0 Å². The standard InChI is InChI=1S/C32H32Cl2N4O7/c1-42-26-5-3-21(15-27(26)45-19-30(40)41)31-32-24(35-28-16-22(33)6-8-37(28)32)7-9-38(31)29(39)18-44-25-4-2-20(14-23(25)34)17-36-10-12-43-13-11-36/h2-6,8,14-16,31H,7,9-13,17-19H2,1H3,(H,40,41). The number of hydrogen-bond donors (Lipinski definition) is 1. The number of ether oxygens (including phenoxy) is 4. The zero-order valence-corrected chi connectivity index (χ0v) is 26.1. The van der Waals surface area contributed by atoms with Crippen molar-refractivity contribution in [1.29, 1.82) is 0 Å². The molecule has 2 aromatic carbocycles. The average Bonchev–Trinajstić information content (AvgIpc) is 3.40. The van der Waals surface area contributed by atoms with Crippen LogP contribution in [-0.4, -0.2) is 89.3 Å². The lowest BCUT2D eigenvalue weighted by Gasteiger charge is -2.36. The molecule has 1 atom stereocenters. The number of aromatic nitrogens is 2. The molecule has 0 spiro atoms. The van der Waals surface area contributed by atoms with E-state index in [1.165, 1.54) is 7.11 Å². The van der Waals surface area contributed by atoms with Gasteiger partial charge in [-0.1, -0.05) is 35.3 Å². The minimum absolute atomic E-state index is 0.241. The summed E-state index contributed by atoms with van der Waals surface area (Å²) in [5.74, 6) is -0.347. The second kappa shape index (κ2) is 13.5. The number of fused-ring (bicyclic) bond motifs is 3. The molecule has 13 heteroatoms. The van der Waals surface area contributed by atoms with Gasteiger partial charge in [0.05, 0.1) is 42.8 Å². The van der Waals surface area contributed by atoms with Gasteiger partial charge in [-0.25, -0.2) is 9.78 Å². The Morgan fingerprint density at radius 1 is 0.978 bits per heavy atom. The van der Waals surface area contributed by atoms with Crippen LogP contribution in [0.1, 0.15) is 28.6 Å². The van der Waals surface area contributed by atoms with Crippen LogP contribution in [0.2, 0.25) is 10.0 Å². The van der Waals surface area contributed by atoms with Crippen molar-refractivity contribution in [3.05, 3.63) is 87.3 Å². The number of carbonyl (C=O) groups excluding carboxylic acids is 1. The van der Waals surface area contributed by atoms with Crippen LogP contribution in [0.15, 0.2) is 54.7 Å². The summed E-state index contributed by atoms with van der Waals surface area (Å²) in [6, 6.07) is 13.8. The molecule has 0 bridgehead atoms. The third-order valence-electron chi connectivity index (χ3n) is 7.89. The molecule has 236 valence electrons. The van der Waals surface area contributed by atoms with Crippen LogP contribution in [0, 0.1) is 0 Å². The summed E-state index contributed by atoms with van der Waals surface area (Å²) in [5, 5.41) is 10.2. The number of aliphatic carboxylic acids is 1. The number of amides is 1. The highest BCUT2D eigenvalue weighted by molar-refractivity contribution is 6.32. The summed E-state index contributed by atoms with van der Waals surface area (Å²) in [6.45, 7) is 3.50. The van der Waals surface area contributed by atoms with Crippen molar-refractivity contribution in [3.63, 3.8) is 0 Å². The van der Waals surface area contributed by atoms with Crippen LogP contribution in [0.5, 0.6) is 17.2 Å². The SMILES string of the molecule is COc1ccc(C2c3c(nc4cc(Cl)ccn34)CCN2C(=O)COc2ccc(CN3CCOCC3)cc2Cl)cc1OCC(=O)O. The molecule has 4 heterocycles. The Kier molecular flexibility index (Phi) is 9.32. The second-order valence-corrected chi connectivity index (χ2v) is 11.6. The number of morpholine rings is 1. The molecule has 0 saturated carbocycles. The van der Waals surface area contributed by atoms with E-state index in [0.29, 0.717) is 58.9 Å². The number of carbonyl (C=O) groups is 2. The molecule has 1 unspecified atom stereocenters. The number of halogens is 2.